The van der Waals surface area contributed by atoms with Crippen LogP contribution in [-0.4, -0.2) is 48.1 Å². The smallest absolute Gasteiger partial charge is 0.336 e. The Kier molecular flexibility index (Phi) is 7.14. The Hall–Kier alpha value is -4.24. The average molecular weight is 462 g/mol. The van der Waals surface area contributed by atoms with Crippen molar-refractivity contribution in [1.82, 2.24) is 14.8 Å². The van der Waals surface area contributed by atoms with E-state index in [1.54, 1.807) is 49.2 Å². The zero-order chi connectivity index (χ0) is 23.9. The zero-order valence-corrected chi connectivity index (χ0v) is 18.7. The number of ether oxygens (including phenoxy) is 3. The highest BCUT2D eigenvalue weighted by molar-refractivity contribution is 6.04. The maximum absolute atomic E-state index is 13.4. The summed E-state index contributed by atoms with van der Waals surface area (Å²) in [5.41, 5.74) is 2.32. The fourth-order valence-corrected chi connectivity index (χ4v) is 3.20. The molecule has 4 rings (SSSR count). The first-order chi connectivity index (χ1) is 16.6. The number of carbonyl (C=O) groups is 1. The Labute approximate surface area is 195 Å². The van der Waals surface area contributed by atoms with Gasteiger partial charge in [-0.15, -0.1) is 5.10 Å². The molecule has 8 nitrogen and oxygen atoms in total. The van der Waals surface area contributed by atoms with Crippen molar-refractivity contribution in [2.75, 3.05) is 32.8 Å². The van der Waals surface area contributed by atoms with Crippen LogP contribution in [0.2, 0.25) is 0 Å². The lowest BCUT2D eigenvalue weighted by atomic mass is 10.2. The predicted octanol–water partition coefficient (Wildman–Crippen LogP) is 4.36. The lowest BCUT2D eigenvalue weighted by Crippen LogP contribution is -2.12. The lowest BCUT2D eigenvalue weighted by molar-refractivity contribution is 0.102. The highest BCUT2D eigenvalue weighted by atomic mass is 19.1. The highest BCUT2D eigenvalue weighted by Crippen LogP contribution is 2.26. The number of methoxy groups -OCH3 is 2. The minimum absolute atomic E-state index is 0.214. The zero-order valence-electron chi connectivity index (χ0n) is 18.7. The summed E-state index contributed by atoms with van der Waals surface area (Å²) in [6.45, 7) is 0.722. The summed E-state index contributed by atoms with van der Waals surface area (Å²) < 4.78 is 30.9. The molecule has 1 heterocycles. The van der Waals surface area contributed by atoms with Crippen LogP contribution < -0.4 is 14.8 Å². The van der Waals surface area contributed by atoms with Crippen LogP contribution in [0.3, 0.4) is 0 Å². The van der Waals surface area contributed by atoms with Crippen molar-refractivity contribution in [2.45, 2.75) is 0 Å². The summed E-state index contributed by atoms with van der Waals surface area (Å²) >= 11 is 0. The summed E-state index contributed by atoms with van der Waals surface area (Å²) in [5, 5.41) is 7.25. The van der Waals surface area contributed by atoms with E-state index >= 15 is 0 Å². The van der Waals surface area contributed by atoms with Gasteiger partial charge in [0.15, 0.2) is 5.82 Å². The molecule has 0 saturated carbocycles. The largest absolute Gasteiger partial charge is 0.497 e. The standard InChI is InChI=1S/C25H23FN4O4/c1-32-14-15-34-25-28-23(17-6-12-22(33-2)13-7-17)30(29-25)21-10-8-20(9-11-21)27-24(31)18-4-3-5-19(26)16-18/h3-13,16H,14-15H2,1-2H3,(H,27,31). The van der Waals surface area contributed by atoms with Crippen LogP contribution in [0, 0.1) is 5.82 Å². The van der Waals surface area contributed by atoms with E-state index in [4.69, 9.17) is 14.2 Å². The van der Waals surface area contributed by atoms with Gasteiger partial charge in [0, 0.05) is 23.9 Å². The van der Waals surface area contributed by atoms with Gasteiger partial charge in [-0.3, -0.25) is 4.79 Å². The second-order valence-electron chi connectivity index (χ2n) is 7.21. The van der Waals surface area contributed by atoms with Crippen molar-refractivity contribution in [1.29, 1.82) is 0 Å². The highest BCUT2D eigenvalue weighted by Gasteiger charge is 2.15. The van der Waals surface area contributed by atoms with E-state index in [1.165, 1.54) is 18.2 Å². The number of nitrogens with zero attached hydrogens (tertiary/aromatic N) is 3. The average Bonchev–Trinajstić information content (AvgIpc) is 3.29. The molecule has 1 amide bonds. The summed E-state index contributed by atoms with van der Waals surface area (Å²) in [6, 6.07) is 20.2. The molecule has 0 bridgehead atoms. The van der Waals surface area contributed by atoms with Gasteiger partial charge in [-0.1, -0.05) is 6.07 Å². The number of rotatable bonds is 9. The topological polar surface area (TPSA) is 87.5 Å². The molecule has 0 aliphatic carbocycles. The molecule has 4 aromatic rings. The van der Waals surface area contributed by atoms with E-state index in [0.717, 1.165) is 11.3 Å². The SMILES string of the molecule is COCCOc1nc(-c2ccc(OC)cc2)n(-c2ccc(NC(=O)c3cccc(F)c3)cc2)n1. The fourth-order valence-electron chi connectivity index (χ4n) is 3.20. The molecule has 34 heavy (non-hydrogen) atoms. The molecule has 0 fully saturated rings. The summed E-state index contributed by atoms with van der Waals surface area (Å²) in [5.74, 6) is 0.431. The van der Waals surface area contributed by atoms with Gasteiger partial charge in [-0.25, -0.2) is 9.07 Å². The van der Waals surface area contributed by atoms with Gasteiger partial charge in [0.1, 0.15) is 18.2 Å². The van der Waals surface area contributed by atoms with Crippen LogP contribution in [-0.2, 0) is 4.74 Å². The monoisotopic (exact) mass is 462 g/mol. The number of nitrogens with one attached hydrogen (secondary N) is 1. The quantitative estimate of drug-likeness (QED) is 0.372. The van der Waals surface area contributed by atoms with Crippen molar-refractivity contribution in [3.63, 3.8) is 0 Å². The van der Waals surface area contributed by atoms with Crippen LogP contribution in [0.1, 0.15) is 10.4 Å². The van der Waals surface area contributed by atoms with Gasteiger partial charge in [-0.05, 0) is 66.7 Å². The first-order valence-corrected chi connectivity index (χ1v) is 10.5. The number of hydrogen-bond donors (Lipinski definition) is 1. The maximum Gasteiger partial charge on any atom is 0.336 e. The van der Waals surface area contributed by atoms with Gasteiger partial charge in [0.25, 0.3) is 5.91 Å². The summed E-state index contributed by atoms with van der Waals surface area (Å²) in [7, 11) is 3.20. The Balaban J connectivity index is 1.59. The molecular formula is C25H23FN4O4. The minimum atomic E-state index is -0.469. The number of aromatic nitrogens is 3. The second-order valence-corrected chi connectivity index (χ2v) is 7.21. The fraction of sp³-hybridized carbons (Fsp3) is 0.160. The molecular weight excluding hydrogens is 439 g/mol. The van der Waals surface area contributed by atoms with E-state index < -0.39 is 11.7 Å². The van der Waals surface area contributed by atoms with E-state index in [2.05, 4.69) is 15.4 Å². The van der Waals surface area contributed by atoms with Gasteiger partial charge < -0.3 is 19.5 Å². The number of amides is 1. The summed E-state index contributed by atoms with van der Waals surface area (Å²) in [4.78, 5) is 16.9. The number of anilines is 1. The molecule has 0 unspecified atom stereocenters. The molecule has 0 saturated heterocycles. The van der Waals surface area contributed by atoms with Crippen molar-refractivity contribution in [3.8, 4) is 28.8 Å². The lowest BCUT2D eigenvalue weighted by Gasteiger charge is -2.09. The van der Waals surface area contributed by atoms with E-state index in [0.29, 0.717) is 30.4 Å². The van der Waals surface area contributed by atoms with Gasteiger partial charge in [-0.2, -0.15) is 4.98 Å². The molecule has 1 N–H and O–H groups in total. The van der Waals surface area contributed by atoms with Crippen LogP contribution >= 0.6 is 0 Å². The van der Waals surface area contributed by atoms with Crippen molar-refractivity contribution in [3.05, 3.63) is 84.2 Å². The Morgan fingerprint density at radius 1 is 1.00 bits per heavy atom. The van der Waals surface area contributed by atoms with Gasteiger partial charge in [0.05, 0.1) is 19.4 Å². The van der Waals surface area contributed by atoms with Gasteiger partial charge >= 0.3 is 6.01 Å². The number of benzene rings is 3. The first kappa shape index (κ1) is 22.9. The van der Waals surface area contributed by atoms with Crippen molar-refractivity contribution >= 4 is 11.6 Å². The Morgan fingerprint density at radius 2 is 1.76 bits per heavy atom. The normalized spacial score (nSPS) is 10.7. The third kappa shape index (κ3) is 5.38. The van der Waals surface area contributed by atoms with Gasteiger partial charge in [0.2, 0.25) is 0 Å². The maximum atomic E-state index is 13.4. The molecule has 0 spiro atoms. The number of hydrogen-bond acceptors (Lipinski definition) is 6. The Bertz CT molecular complexity index is 1260. The predicted molar refractivity (Wildman–Crippen MR) is 125 cm³/mol. The minimum Gasteiger partial charge on any atom is -0.497 e. The van der Waals surface area contributed by atoms with Crippen LogP contribution in [0.25, 0.3) is 17.1 Å². The Morgan fingerprint density at radius 3 is 2.44 bits per heavy atom. The van der Waals surface area contributed by atoms with E-state index in [1.807, 2.05) is 24.3 Å². The third-order valence-corrected chi connectivity index (χ3v) is 4.91. The molecule has 1 aromatic heterocycles. The van der Waals surface area contributed by atoms with E-state index in [-0.39, 0.29) is 11.6 Å². The van der Waals surface area contributed by atoms with E-state index in [9.17, 15) is 9.18 Å². The molecule has 0 aliphatic heterocycles. The molecule has 0 atom stereocenters. The molecule has 9 heteroatoms. The second kappa shape index (κ2) is 10.6. The van der Waals surface area contributed by atoms with Crippen LogP contribution in [0.5, 0.6) is 11.8 Å². The first-order valence-electron chi connectivity index (χ1n) is 10.5. The molecule has 0 radical (unpaired) electrons. The molecule has 174 valence electrons. The third-order valence-electron chi connectivity index (χ3n) is 4.91. The van der Waals surface area contributed by atoms with Crippen molar-refractivity contribution in [2.24, 2.45) is 0 Å². The molecule has 3 aromatic carbocycles. The molecule has 0 aliphatic rings. The van der Waals surface area contributed by atoms with Crippen molar-refractivity contribution < 1.29 is 23.4 Å². The number of carbonyl (C=O) groups excluding carboxylic acids is 1. The van der Waals surface area contributed by atoms with Crippen LogP contribution in [0.15, 0.2) is 72.8 Å². The van der Waals surface area contributed by atoms with Crippen LogP contribution in [0.4, 0.5) is 10.1 Å². The summed E-state index contributed by atoms with van der Waals surface area (Å²) in [6.07, 6.45) is 0. The number of halogens is 1.